The number of carbonyl (C=O) groups excluding carboxylic acids is 1. The van der Waals surface area contributed by atoms with Crippen molar-refractivity contribution in [3.8, 4) is 22.6 Å². The maximum atomic E-state index is 15.6. The minimum Gasteiger partial charge on any atom is -0.465 e. The molecule has 278 valence electrons. The fourth-order valence-corrected chi connectivity index (χ4v) is 14.0. The third-order valence-electron chi connectivity index (χ3n) is 11.8. The normalized spacial score (nSPS) is 16.1. The number of rotatable bonds is 10. The Balaban J connectivity index is 1.54. The molecule has 0 saturated carbocycles. The Morgan fingerprint density at radius 1 is 0.923 bits per heavy atom. The molecule has 0 bridgehead atoms. The zero-order chi connectivity index (χ0) is 38.1. The SMILES string of the molecule is CC(C)[Si](C#CCC(c1cc(F)ccc1F)N1Cc2c(cc(-c3ccc(C4CCN(C(=O)O)CC4)cc3)cc2C(C)(C)CF)C1=O)(C(C)C)C(C)C. The van der Waals surface area contributed by atoms with Gasteiger partial charge < -0.3 is 14.9 Å². The molecule has 0 radical (unpaired) electrons. The van der Waals surface area contributed by atoms with Crippen molar-refractivity contribution in [3.63, 3.8) is 0 Å². The van der Waals surface area contributed by atoms with Gasteiger partial charge in [0, 0.05) is 42.6 Å². The Kier molecular flexibility index (Phi) is 11.7. The lowest BCUT2D eigenvalue weighted by molar-refractivity contribution is 0.0700. The van der Waals surface area contributed by atoms with Gasteiger partial charge in [-0.05, 0) is 87.5 Å². The van der Waals surface area contributed by atoms with Gasteiger partial charge in [0.1, 0.15) is 19.7 Å². The zero-order valence-corrected chi connectivity index (χ0v) is 32.8. The van der Waals surface area contributed by atoms with Crippen LogP contribution in [-0.2, 0) is 12.0 Å². The van der Waals surface area contributed by atoms with Crippen LogP contribution in [0.1, 0.15) is 119 Å². The molecule has 1 saturated heterocycles. The average molecular weight is 731 g/mol. The summed E-state index contributed by atoms with van der Waals surface area (Å²) in [7, 11) is -2.15. The number of halogens is 3. The molecule has 0 aromatic heterocycles. The lowest BCUT2D eigenvalue weighted by Crippen LogP contribution is -2.43. The molecule has 1 N–H and O–H groups in total. The summed E-state index contributed by atoms with van der Waals surface area (Å²) >= 11 is 0. The Hall–Kier alpha value is -4.03. The Labute approximate surface area is 308 Å². The Bertz CT molecular complexity index is 1830. The number of benzene rings is 3. The first-order chi connectivity index (χ1) is 24.5. The first-order valence-electron chi connectivity index (χ1n) is 18.6. The van der Waals surface area contributed by atoms with Gasteiger partial charge in [-0.1, -0.05) is 85.7 Å². The van der Waals surface area contributed by atoms with E-state index in [9.17, 15) is 23.5 Å². The highest BCUT2D eigenvalue weighted by molar-refractivity contribution is 6.90. The summed E-state index contributed by atoms with van der Waals surface area (Å²) in [5, 5.41) is 9.33. The van der Waals surface area contributed by atoms with Crippen molar-refractivity contribution in [1.82, 2.24) is 9.80 Å². The average Bonchev–Trinajstić information content (AvgIpc) is 3.44. The van der Waals surface area contributed by atoms with Crippen molar-refractivity contribution >= 4 is 20.1 Å². The summed E-state index contributed by atoms with van der Waals surface area (Å²) in [6.07, 6.45) is 0.744. The molecule has 0 spiro atoms. The lowest BCUT2D eigenvalue weighted by atomic mass is 9.80. The number of hydrogen-bond donors (Lipinski definition) is 1. The van der Waals surface area contributed by atoms with Crippen LogP contribution in [0.3, 0.4) is 0 Å². The summed E-state index contributed by atoms with van der Waals surface area (Å²) in [6.45, 7) is 17.4. The maximum Gasteiger partial charge on any atom is 0.407 e. The quantitative estimate of drug-likeness (QED) is 0.167. The molecule has 0 aliphatic carbocycles. The van der Waals surface area contributed by atoms with Crippen molar-refractivity contribution in [1.29, 1.82) is 0 Å². The van der Waals surface area contributed by atoms with Gasteiger partial charge in [-0.15, -0.1) is 11.5 Å². The zero-order valence-electron chi connectivity index (χ0n) is 31.8. The van der Waals surface area contributed by atoms with Crippen LogP contribution in [0.25, 0.3) is 11.1 Å². The van der Waals surface area contributed by atoms with E-state index in [2.05, 4.69) is 53.0 Å². The molecule has 3 aromatic carbocycles. The molecule has 3 aromatic rings. The van der Waals surface area contributed by atoms with Crippen LogP contribution in [0.4, 0.5) is 18.0 Å². The fraction of sp³-hybridized carbons (Fsp3) is 0.488. The van der Waals surface area contributed by atoms with E-state index in [1.54, 1.807) is 4.90 Å². The van der Waals surface area contributed by atoms with E-state index >= 15 is 4.39 Å². The second-order valence-electron chi connectivity index (χ2n) is 16.3. The summed E-state index contributed by atoms with van der Waals surface area (Å²) in [4.78, 5) is 28.9. The summed E-state index contributed by atoms with van der Waals surface area (Å²) in [6, 6.07) is 14.4. The van der Waals surface area contributed by atoms with E-state index in [0.29, 0.717) is 46.4 Å². The summed E-state index contributed by atoms with van der Waals surface area (Å²) in [5.74, 6) is 2.15. The van der Waals surface area contributed by atoms with Crippen LogP contribution in [0, 0.1) is 23.1 Å². The largest absolute Gasteiger partial charge is 0.465 e. The van der Waals surface area contributed by atoms with Gasteiger partial charge >= 0.3 is 6.09 Å². The minimum absolute atomic E-state index is 0.0812. The number of carboxylic acid groups (broad SMARTS) is 1. The van der Waals surface area contributed by atoms with E-state index in [4.69, 9.17) is 0 Å². The number of amides is 2. The molecule has 5 rings (SSSR count). The number of carbonyl (C=O) groups is 2. The topological polar surface area (TPSA) is 60.9 Å². The number of piperidine rings is 1. The highest BCUT2D eigenvalue weighted by Gasteiger charge is 2.42. The first-order valence-corrected chi connectivity index (χ1v) is 20.8. The summed E-state index contributed by atoms with van der Waals surface area (Å²) < 4.78 is 45.0. The molecule has 1 atom stereocenters. The van der Waals surface area contributed by atoms with E-state index in [1.165, 1.54) is 11.0 Å². The van der Waals surface area contributed by atoms with E-state index in [1.807, 2.05) is 50.2 Å². The van der Waals surface area contributed by atoms with Gasteiger partial charge in [-0.3, -0.25) is 9.18 Å². The number of fused-ring (bicyclic) bond motifs is 1. The predicted octanol–water partition coefficient (Wildman–Crippen LogP) is 11.0. The van der Waals surface area contributed by atoms with Crippen LogP contribution in [0.5, 0.6) is 0 Å². The third-order valence-corrected chi connectivity index (χ3v) is 18.1. The van der Waals surface area contributed by atoms with E-state index in [0.717, 1.165) is 41.7 Å². The lowest BCUT2D eigenvalue weighted by Gasteiger charge is -2.38. The molecule has 2 heterocycles. The van der Waals surface area contributed by atoms with Gasteiger partial charge in [-0.25, -0.2) is 13.6 Å². The number of likely N-dealkylation sites (tertiary alicyclic amines) is 1. The van der Waals surface area contributed by atoms with E-state index in [-0.39, 0.29) is 30.4 Å². The molecule has 2 aliphatic rings. The minimum atomic E-state index is -2.15. The second kappa shape index (κ2) is 15.5. The van der Waals surface area contributed by atoms with Crippen molar-refractivity contribution in [2.75, 3.05) is 19.8 Å². The summed E-state index contributed by atoms with van der Waals surface area (Å²) in [5.41, 5.74) is 8.61. The first kappa shape index (κ1) is 39.2. The van der Waals surface area contributed by atoms with Crippen LogP contribution in [-0.4, -0.2) is 54.7 Å². The van der Waals surface area contributed by atoms with Gasteiger partial charge in [0.05, 0.1) is 12.7 Å². The van der Waals surface area contributed by atoms with Crippen molar-refractivity contribution in [3.05, 3.63) is 94.0 Å². The van der Waals surface area contributed by atoms with Crippen LogP contribution < -0.4 is 0 Å². The van der Waals surface area contributed by atoms with Crippen LogP contribution in [0.15, 0.2) is 54.6 Å². The van der Waals surface area contributed by atoms with Crippen molar-refractivity contribution in [2.24, 2.45) is 0 Å². The van der Waals surface area contributed by atoms with Gasteiger partial charge in [0.15, 0.2) is 0 Å². The molecular weight excluding hydrogens is 678 g/mol. The molecule has 2 aliphatic heterocycles. The molecule has 9 heteroatoms. The smallest absolute Gasteiger partial charge is 0.407 e. The van der Waals surface area contributed by atoms with Crippen molar-refractivity contribution < 1.29 is 27.9 Å². The molecule has 5 nitrogen and oxygen atoms in total. The van der Waals surface area contributed by atoms with Crippen LogP contribution in [0.2, 0.25) is 16.6 Å². The van der Waals surface area contributed by atoms with Crippen molar-refractivity contribution in [2.45, 2.75) is 115 Å². The van der Waals surface area contributed by atoms with Gasteiger partial charge in [0.25, 0.3) is 5.91 Å². The number of alkyl halides is 1. The highest BCUT2D eigenvalue weighted by atomic mass is 28.3. The maximum absolute atomic E-state index is 15.6. The molecule has 52 heavy (non-hydrogen) atoms. The van der Waals surface area contributed by atoms with Gasteiger partial charge in [-0.2, -0.15) is 0 Å². The number of hydrogen-bond acceptors (Lipinski definition) is 2. The number of nitrogens with zero attached hydrogens (tertiary/aromatic N) is 2. The Morgan fingerprint density at radius 3 is 2.10 bits per heavy atom. The Morgan fingerprint density at radius 2 is 1.54 bits per heavy atom. The fourth-order valence-electron chi connectivity index (χ4n) is 8.77. The van der Waals surface area contributed by atoms with E-state index < -0.39 is 43.9 Å². The third kappa shape index (κ3) is 7.55. The molecule has 1 unspecified atom stereocenters. The molecular formula is C43H53F3N2O3Si. The predicted molar refractivity (Wildman–Crippen MR) is 205 cm³/mol. The monoisotopic (exact) mass is 730 g/mol. The second-order valence-corrected chi connectivity index (χ2v) is 21.8. The van der Waals surface area contributed by atoms with Gasteiger partial charge in [0.2, 0.25) is 0 Å². The standard InChI is InChI=1S/C43H53F3N2O3Si/c1-27(2)52(28(3)4,29(5)6)21-9-10-40(36-24-34(45)15-16-39(36)46)48-25-37-35(41(48)49)22-33(23-38(37)43(7,8)26-44)31-13-11-30(12-14-31)32-17-19-47(20-18-32)42(50)51/h11-16,22-24,27-29,32,40H,10,17-20,25-26H2,1-8H3,(H,50,51). The molecule has 1 fully saturated rings. The molecule has 2 amide bonds. The highest BCUT2D eigenvalue weighted by Crippen LogP contribution is 2.43. The van der Waals surface area contributed by atoms with Crippen LogP contribution >= 0.6 is 0 Å².